The Kier molecular flexibility index (Phi) is 5.84. The minimum atomic E-state index is -0.520. The summed E-state index contributed by atoms with van der Waals surface area (Å²) in [6.45, 7) is 14.1. The highest BCUT2D eigenvalue weighted by Gasteiger charge is 2.30. The van der Waals surface area contributed by atoms with Crippen LogP contribution in [-0.2, 0) is 5.41 Å². The van der Waals surface area contributed by atoms with E-state index in [-0.39, 0.29) is 28.7 Å². The van der Waals surface area contributed by atoms with E-state index in [0.29, 0.717) is 19.0 Å². The van der Waals surface area contributed by atoms with Gasteiger partial charge in [0.1, 0.15) is 5.82 Å². The van der Waals surface area contributed by atoms with Crippen molar-refractivity contribution in [3.05, 3.63) is 28.6 Å². The van der Waals surface area contributed by atoms with Gasteiger partial charge in [0.15, 0.2) is 0 Å². The maximum Gasteiger partial charge on any atom is 0.372 e. The number of aromatic nitrogens is 2. The second-order valence-corrected chi connectivity index (χ2v) is 6.43. The molecule has 122 valence electrons. The summed E-state index contributed by atoms with van der Waals surface area (Å²) in [5.41, 5.74) is -0.592. The molecule has 0 aromatic carbocycles. The van der Waals surface area contributed by atoms with Gasteiger partial charge < -0.3 is 10.1 Å². The van der Waals surface area contributed by atoms with Crippen LogP contribution in [-0.4, -0.2) is 28.0 Å². The molecule has 1 aromatic heterocycles. The van der Waals surface area contributed by atoms with Crippen molar-refractivity contribution in [2.45, 2.75) is 40.0 Å². The minimum absolute atomic E-state index is 0.00480. The van der Waals surface area contributed by atoms with Crippen molar-refractivity contribution in [1.82, 2.24) is 9.97 Å². The SMILES string of the molecule is C=CCNc1nc(C(C)(C)C)nc(OCC(C)C)c1[N+](=O)[O-]. The topological polar surface area (TPSA) is 90.2 Å². The molecule has 7 nitrogen and oxygen atoms in total. The lowest BCUT2D eigenvalue weighted by Crippen LogP contribution is -2.20. The zero-order valence-corrected chi connectivity index (χ0v) is 13.8. The number of anilines is 1. The van der Waals surface area contributed by atoms with E-state index in [1.54, 1.807) is 6.08 Å². The average molecular weight is 308 g/mol. The Labute approximate surface area is 131 Å². The predicted molar refractivity (Wildman–Crippen MR) is 86.4 cm³/mol. The van der Waals surface area contributed by atoms with Gasteiger partial charge in [-0.1, -0.05) is 40.7 Å². The predicted octanol–water partition coefficient (Wildman–Crippen LogP) is 3.32. The molecule has 0 saturated carbocycles. The molecule has 1 heterocycles. The van der Waals surface area contributed by atoms with Crippen molar-refractivity contribution in [2.24, 2.45) is 5.92 Å². The summed E-state index contributed by atoms with van der Waals surface area (Å²) in [7, 11) is 0. The summed E-state index contributed by atoms with van der Waals surface area (Å²) in [6.07, 6.45) is 1.61. The van der Waals surface area contributed by atoms with Crippen LogP contribution in [0.3, 0.4) is 0 Å². The normalized spacial score (nSPS) is 11.4. The van der Waals surface area contributed by atoms with Gasteiger partial charge in [-0.2, -0.15) is 4.98 Å². The number of nitrogens with one attached hydrogen (secondary N) is 1. The van der Waals surface area contributed by atoms with Crippen LogP contribution in [0.5, 0.6) is 5.88 Å². The summed E-state index contributed by atoms with van der Waals surface area (Å²) in [5, 5.41) is 14.3. The molecular weight excluding hydrogens is 284 g/mol. The highest BCUT2D eigenvalue weighted by Crippen LogP contribution is 2.34. The molecule has 0 fully saturated rings. The number of ether oxygens (including phenoxy) is 1. The second-order valence-electron chi connectivity index (χ2n) is 6.43. The van der Waals surface area contributed by atoms with Gasteiger partial charge in [0.2, 0.25) is 5.82 Å². The van der Waals surface area contributed by atoms with Crippen molar-refractivity contribution in [3.8, 4) is 5.88 Å². The van der Waals surface area contributed by atoms with Crippen molar-refractivity contribution < 1.29 is 9.66 Å². The Bertz CT molecular complexity index is 550. The van der Waals surface area contributed by atoms with Crippen molar-refractivity contribution in [3.63, 3.8) is 0 Å². The molecular formula is C15H24N4O3. The van der Waals surface area contributed by atoms with Crippen LogP contribution in [0, 0.1) is 16.0 Å². The van der Waals surface area contributed by atoms with E-state index in [1.165, 1.54) is 0 Å². The first-order chi connectivity index (χ1) is 10.2. The molecule has 0 saturated heterocycles. The summed E-state index contributed by atoms with van der Waals surface area (Å²) < 4.78 is 5.56. The highest BCUT2D eigenvalue weighted by molar-refractivity contribution is 5.62. The molecule has 0 aliphatic rings. The molecule has 0 radical (unpaired) electrons. The number of hydrogen-bond donors (Lipinski definition) is 1. The van der Waals surface area contributed by atoms with Crippen LogP contribution in [0.15, 0.2) is 12.7 Å². The van der Waals surface area contributed by atoms with Crippen LogP contribution < -0.4 is 10.1 Å². The average Bonchev–Trinajstić information content (AvgIpc) is 2.40. The van der Waals surface area contributed by atoms with Gasteiger partial charge in [-0.3, -0.25) is 10.1 Å². The Balaban J connectivity index is 3.40. The van der Waals surface area contributed by atoms with Crippen molar-refractivity contribution in [1.29, 1.82) is 0 Å². The minimum Gasteiger partial charge on any atom is -0.472 e. The zero-order chi connectivity index (χ0) is 16.9. The fourth-order valence-corrected chi connectivity index (χ4v) is 1.57. The first kappa shape index (κ1) is 17.9. The van der Waals surface area contributed by atoms with Crippen LogP contribution >= 0.6 is 0 Å². The molecule has 22 heavy (non-hydrogen) atoms. The lowest BCUT2D eigenvalue weighted by Gasteiger charge is -2.19. The molecule has 7 heteroatoms. The van der Waals surface area contributed by atoms with Gasteiger partial charge in [-0.05, 0) is 5.92 Å². The van der Waals surface area contributed by atoms with Crippen LogP contribution in [0.2, 0.25) is 0 Å². The molecule has 1 N–H and O–H groups in total. The van der Waals surface area contributed by atoms with Crippen molar-refractivity contribution >= 4 is 11.5 Å². The molecule has 0 bridgehead atoms. The first-order valence-electron chi connectivity index (χ1n) is 7.21. The van der Waals surface area contributed by atoms with E-state index in [2.05, 4.69) is 21.9 Å². The molecule has 1 aromatic rings. The largest absolute Gasteiger partial charge is 0.472 e. The maximum atomic E-state index is 11.4. The highest BCUT2D eigenvalue weighted by atomic mass is 16.6. The summed E-state index contributed by atoms with van der Waals surface area (Å²) in [5.74, 6) is 0.884. The Morgan fingerprint density at radius 3 is 2.50 bits per heavy atom. The Morgan fingerprint density at radius 2 is 2.05 bits per heavy atom. The summed E-state index contributed by atoms with van der Waals surface area (Å²) in [6, 6.07) is 0. The summed E-state index contributed by atoms with van der Waals surface area (Å²) >= 11 is 0. The smallest absolute Gasteiger partial charge is 0.372 e. The molecule has 0 amide bonds. The lowest BCUT2D eigenvalue weighted by molar-refractivity contribution is -0.385. The quantitative estimate of drug-likeness (QED) is 0.472. The summed E-state index contributed by atoms with van der Waals surface area (Å²) in [4.78, 5) is 19.4. The number of nitro groups is 1. The standard InChI is InChI=1S/C15H24N4O3/c1-7-8-16-12-11(19(20)21)13(22-9-10(2)3)18-14(17-12)15(4,5)6/h7,10H,1,8-9H2,2-6H3,(H,16,17,18). The second kappa shape index (κ2) is 7.20. The molecule has 0 aliphatic carbocycles. The lowest BCUT2D eigenvalue weighted by atomic mass is 9.96. The molecule has 0 aliphatic heterocycles. The Morgan fingerprint density at radius 1 is 1.41 bits per heavy atom. The third-order valence-corrected chi connectivity index (χ3v) is 2.67. The van der Waals surface area contributed by atoms with Crippen LogP contribution in [0.1, 0.15) is 40.4 Å². The number of rotatable bonds is 7. The van der Waals surface area contributed by atoms with E-state index in [9.17, 15) is 10.1 Å². The molecule has 0 unspecified atom stereocenters. The van der Waals surface area contributed by atoms with E-state index in [1.807, 2.05) is 34.6 Å². The van der Waals surface area contributed by atoms with Gasteiger partial charge in [0.25, 0.3) is 5.88 Å². The van der Waals surface area contributed by atoms with Gasteiger partial charge >= 0.3 is 5.69 Å². The van der Waals surface area contributed by atoms with Crippen molar-refractivity contribution in [2.75, 3.05) is 18.5 Å². The third-order valence-electron chi connectivity index (χ3n) is 2.67. The van der Waals surface area contributed by atoms with Gasteiger partial charge in [0, 0.05) is 12.0 Å². The van der Waals surface area contributed by atoms with E-state index in [0.717, 1.165) is 0 Å². The van der Waals surface area contributed by atoms with Crippen LogP contribution in [0.25, 0.3) is 0 Å². The third kappa shape index (κ3) is 4.68. The Hall–Kier alpha value is -2.18. The van der Waals surface area contributed by atoms with E-state index in [4.69, 9.17) is 4.74 Å². The zero-order valence-electron chi connectivity index (χ0n) is 13.8. The van der Waals surface area contributed by atoms with E-state index < -0.39 is 4.92 Å². The van der Waals surface area contributed by atoms with E-state index >= 15 is 0 Å². The molecule has 1 rings (SSSR count). The fourth-order valence-electron chi connectivity index (χ4n) is 1.57. The van der Waals surface area contributed by atoms with Gasteiger partial charge in [-0.15, -0.1) is 6.58 Å². The first-order valence-corrected chi connectivity index (χ1v) is 7.21. The van der Waals surface area contributed by atoms with Gasteiger partial charge in [0.05, 0.1) is 11.5 Å². The number of hydrogen-bond acceptors (Lipinski definition) is 6. The van der Waals surface area contributed by atoms with Crippen LogP contribution in [0.4, 0.5) is 11.5 Å². The number of nitrogens with zero attached hydrogens (tertiary/aromatic N) is 3. The maximum absolute atomic E-state index is 11.4. The fraction of sp³-hybridized carbons (Fsp3) is 0.600. The van der Waals surface area contributed by atoms with Gasteiger partial charge in [-0.25, -0.2) is 4.98 Å². The monoisotopic (exact) mass is 308 g/mol. The molecule has 0 spiro atoms. The molecule has 0 atom stereocenters.